The third-order valence-corrected chi connectivity index (χ3v) is 3.11. The summed E-state index contributed by atoms with van der Waals surface area (Å²) in [4.78, 5) is 15.2. The number of aromatic nitrogens is 1. The van der Waals surface area contributed by atoms with Crippen molar-refractivity contribution < 1.29 is 9.53 Å². The number of benzene rings is 2. The number of hydrogen-bond donors (Lipinski definition) is 0. The van der Waals surface area contributed by atoms with E-state index in [1.807, 2.05) is 42.5 Å². The molecule has 0 saturated heterocycles. The average Bonchev–Trinajstić information content (AvgIpc) is 2.53. The van der Waals surface area contributed by atoms with E-state index in [-0.39, 0.29) is 0 Å². The first kappa shape index (κ1) is 12.4. The first-order chi connectivity index (χ1) is 9.86. The molecule has 0 spiro atoms. The molecule has 0 aliphatic rings. The van der Waals surface area contributed by atoms with Crippen LogP contribution in [0.1, 0.15) is 15.9 Å². The van der Waals surface area contributed by atoms with Crippen LogP contribution in [-0.2, 0) is 6.61 Å². The summed E-state index contributed by atoms with van der Waals surface area (Å²) >= 11 is 0. The highest BCUT2D eigenvalue weighted by Gasteiger charge is 2.03. The Labute approximate surface area is 116 Å². The second kappa shape index (κ2) is 5.53. The molecule has 0 fully saturated rings. The summed E-state index contributed by atoms with van der Waals surface area (Å²) in [7, 11) is 0. The Kier molecular flexibility index (Phi) is 3.42. The maximum atomic E-state index is 10.9. The number of rotatable bonds is 4. The summed E-state index contributed by atoms with van der Waals surface area (Å²) in [5.41, 5.74) is 2.57. The fraction of sp³-hybridized carbons (Fsp3) is 0.0588. The predicted octanol–water partition coefficient (Wildman–Crippen LogP) is 3.63. The van der Waals surface area contributed by atoms with E-state index in [4.69, 9.17) is 4.74 Å². The maximum Gasteiger partial charge on any atom is 0.153 e. The van der Waals surface area contributed by atoms with Crippen molar-refractivity contribution in [1.82, 2.24) is 4.98 Å². The number of nitrogens with zero attached hydrogens (tertiary/aromatic N) is 1. The van der Waals surface area contributed by atoms with E-state index in [2.05, 4.69) is 4.98 Å². The molecular formula is C17H13NO2. The van der Waals surface area contributed by atoms with Gasteiger partial charge in [0.25, 0.3) is 0 Å². The van der Waals surface area contributed by atoms with Crippen molar-refractivity contribution in [1.29, 1.82) is 0 Å². The normalized spacial score (nSPS) is 10.4. The number of aldehydes is 1. The Bertz CT molecular complexity index is 753. The van der Waals surface area contributed by atoms with Crippen molar-refractivity contribution in [3.8, 4) is 5.75 Å². The molecule has 3 rings (SSSR count). The number of pyridine rings is 1. The van der Waals surface area contributed by atoms with Crippen molar-refractivity contribution in [2.75, 3.05) is 0 Å². The van der Waals surface area contributed by atoms with Gasteiger partial charge in [0.1, 0.15) is 12.4 Å². The van der Waals surface area contributed by atoms with Crippen LogP contribution in [0.4, 0.5) is 0 Å². The summed E-state index contributed by atoms with van der Waals surface area (Å²) in [5, 5.41) is 1.08. The molecule has 0 unspecified atom stereocenters. The first-order valence-electron chi connectivity index (χ1n) is 6.37. The lowest BCUT2D eigenvalue weighted by Crippen LogP contribution is -1.98. The van der Waals surface area contributed by atoms with Crippen molar-refractivity contribution in [2.24, 2.45) is 0 Å². The third kappa shape index (κ3) is 2.52. The zero-order valence-corrected chi connectivity index (χ0v) is 10.8. The van der Waals surface area contributed by atoms with Crippen LogP contribution >= 0.6 is 0 Å². The lowest BCUT2D eigenvalue weighted by molar-refractivity contribution is 0.111. The van der Waals surface area contributed by atoms with Crippen molar-refractivity contribution in [3.05, 3.63) is 71.9 Å². The van der Waals surface area contributed by atoms with Gasteiger partial charge in [-0.1, -0.05) is 24.3 Å². The van der Waals surface area contributed by atoms with Crippen LogP contribution in [0.3, 0.4) is 0 Å². The number of hydrogen-bond acceptors (Lipinski definition) is 3. The van der Waals surface area contributed by atoms with Crippen LogP contribution in [0, 0.1) is 0 Å². The van der Waals surface area contributed by atoms with Gasteiger partial charge in [-0.2, -0.15) is 0 Å². The van der Waals surface area contributed by atoms with Crippen LogP contribution < -0.4 is 4.74 Å². The van der Waals surface area contributed by atoms with E-state index < -0.39 is 0 Å². The standard InChI is InChI=1S/C17H13NO2/c19-11-15-4-1-2-6-17(15)20-12-13-7-8-16-14(10-13)5-3-9-18-16/h1-11H,12H2. The van der Waals surface area contributed by atoms with Crippen LogP contribution in [0.25, 0.3) is 10.9 Å². The number of carbonyl (C=O) groups is 1. The molecule has 3 aromatic rings. The van der Waals surface area contributed by atoms with Crippen LogP contribution in [0.2, 0.25) is 0 Å². The molecule has 3 nitrogen and oxygen atoms in total. The van der Waals surface area contributed by atoms with E-state index in [1.165, 1.54) is 0 Å². The monoisotopic (exact) mass is 263 g/mol. The zero-order valence-electron chi connectivity index (χ0n) is 10.8. The molecule has 0 radical (unpaired) electrons. The average molecular weight is 263 g/mol. The van der Waals surface area contributed by atoms with Crippen LogP contribution in [-0.4, -0.2) is 11.3 Å². The van der Waals surface area contributed by atoms with Gasteiger partial charge in [-0.25, -0.2) is 0 Å². The molecular weight excluding hydrogens is 250 g/mol. The molecule has 3 heteroatoms. The summed E-state index contributed by atoms with van der Waals surface area (Å²) in [6.07, 6.45) is 2.58. The number of para-hydroxylation sites is 1. The highest BCUT2D eigenvalue weighted by atomic mass is 16.5. The lowest BCUT2D eigenvalue weighted by Gasteiger charge is -2.08. The summed E-state index contributed by atoms with van der Waals surface area (Å²) in [6, 6.07) is 17.1. The minimum atomic E-state index is 0.426. The van der Waals surface area contributed by atoms with Gasteiger partial charge in [0, 0.05) is 11.6 Å². The third-order valence-electron chi connectivity index (χ3n) is 3.11. The number of ether oxygens (including phenoxy) is 1. The van der Waals surface area contributed by atoms with Gasteiger partial charge in [-0.3, -0.25) is 9.78 Å². The zero-order chi connectivity index (χ0) is 13.8. The molecule has 0 amide bonds. The minimum Gasteiger partial charge on any atom is -0.488 e. The van der Waals surface area contributed by atoms with Crippen LogP contribution in [0.5, 0.6) is 5.75 Å². The Hall–Kier alpha value is -2.68. The molecule has 2 aromatic carbocycles. The molecule has 0 saturated carbocycles. The van der Waals surface area contributed by atoms with Crippen molar-refractivity contribution >= 4 is 17.2 Å². The molecule has 0 aliphatic carbocycles. The fourth-order valence-corrected chi connectivity index (χ4v) is 2.09. The molecule has 1 aromatic heterocycles. The van der Waals surface area contributed by atoms with E-state index in [0.717, 1.165) is 22.8 Å². The van der Waals surface area contributed by atoms with E-state index >= 15 is 0 Å². The molecule has 0 aliphatic heterocycles. The fourth-order valence-electron chi connectivity index (χ4n) is 2.09. The van der Waals surface area contributed by atoms with E-state index in [1.54, 1.807) is 18.3 Å². The largest absolute Gasteiger partial charge is 0.488 e. The number of fused-ring (bicyclic) bond motifs is 1. The SMILES string of the molecule is O=Cc1ccccc1OCc1ccc2ncccc2c1. The van der Waals surface area contributed by atoms with Gasteiger partial charge < -0.3 is 4.74 Å². The molecule has 0 bridgehead atoms. The molecule has 0 N–H and O–H groups in total. The first-order valence-corrected chi connectivity index (χ1v) is 6.37. The predicted molar refractivity (Wildman–Crippen MR) is 77.9 cm³/mol. The Morgan fingerprint density at radius 1 is 1.05 bits per heavy atom. The lowest BCUT2D eigenvalue weighted by atomic mass is 10.1. The quantitative estimate of drug-likeness (QED) is 0.675. The summed E-state index contributed by atoms with van der Waals surface area (Å²) in [5.74, 6) is 0.605. The van der Waals surface area contributed by atoms with Gasteiger partial charge in [0.05, 0.1) is 11.1 Å². The summed E-state index contributed by atoms with van der Waals surface area (Å²) < 4.78 is 5.71. The van der Waals surface area contributed by atoms with E-state index in [9.17, 15) is 4.79 Å². The Morgan fingerprint density at radius 2 is 1.95 bits per heavy atom. The molecule has 20 heavy (non-hydrogen) atoms. The van der Waals surface area contributed by atoms with Gasteiger partial charge in [0.15, 0.2) is 6.29 Å². The Morgan fingerprint density at radius 3 is 2.85 bits per heavy atom. The molecule has 98 valence electrons. The Balaban J connectivity index is 1.81. The van der Waals surface area contributed by atoms with Gasteiger partial charge in [-0.15, -0.1) is 0 Å². The second-order valence-corrected chi connectivity index (χ2v) is 4.47. The maximum absolute atomic E-state index is 10.9. The second-order valence-electron chi connectivity index (χ2n) is 4.47. The van der Waals surface area contributed by atoms with Gasteiger partial charge in [0.2, 0.25) is 0 Å². The smallest absolute Gasteiger partial charge is 0.153 e. The molecule has 0 atom stereocenters. The van der Waals surface area contributed by atoms with Crippen LogP contribution in [0.15, 0.2) is 60.8 Å². The minimum absolute atomic E-state index is 0.426. The van der Waals surface area contributed by atoms with Crippen molar-refractivity contribution in [3.63, 3.8) is 0 Å². The van der Waals surface area contributed by atoms with Gasteiger partial charge >= 0.3 is 0 Å². The number of carbonyl (C=O) groups excluding carboxylic acids is 1. The molecule has 1 heterocycles. The van der Waals surface area contributed by atoms with Gasteiger partial charge in [-0.05, 0) is 35.9 Å². The highest BCUT2D eigenvalue weighted by Crippen LogP contribution is 2.19. The van der Waals surface area contributed by atoms with E-state index in [0.29, 0.717) is 17.9 Å². The summed E-state index contributed by atoms with van der Waals surface area (Å²) in [6.45, 7) is 0.426. The topological polar surface area (TPSA) is 39.2 Å². The van der Waals surface area contributed by atoms with Crippen molar-refractivity contribution in [2.45, 2.75) is 6.61 Å². The highest BCUT2D eigenvalue weighted by molar-refractivity contribution is 5.79.